The summed E-state index contributed by atoms with van der Waals surface area (Å²) in [5.74, 6) is 0.473. The average Bonchev–Trinajstić information content (AvgIpc) is 3.02. The Hall–Kier alpha value is -2.00. The quantitative estimate of drug-likeness (QED) is 0.790. The van der Waals surface area contributed by atoms with Crippen molar-refractivity contribution >= 4 is 10.0 Å². The van der Waals surface area contributed by atoms with Gasteiger partial charge in [-0.15, -0.1) is 0 Å². The van der Waals surface area contributed by atoms with Gasteiger partial charge in [-0.1, -0.05) is 13.3 Å². The normalized spacial score (nSPS) is 16.7. The van der Waals surface area contributed by atoms with Crippen LogP contribution in [0.4, 0.5) is 0 Å². The first kappa shape index (κ1) is 18.8. The molecule has 1 saturated heterocycles. The largest absolute Gasteiger partial charge is 0.473 e. The zero-order valence-electron chi connectivity index (χ0n) is 15.2. The molecule has 1 aliphatic heterocycles. The molecule has 8 nitrogen and oxygen atoms in total. The fourth-order valence-corrected chi connectivity index (χ4v) is 4.99. The summed E-state index contributed by atoms with van der Waals surface area (Å²) < 4.78 is 33.6. The maximum Gasteiger partial charge on any atom is 0.246 e. The zero-order valence-corrected chi connectivity index (χ0v) is 16.0. The van der Waals surface area contributed by atoms with Gasteiger partial charge in [0, 0.05) is 25.5 Å². The van der Waals surface area contributed by atoms with Gasteiger partial charge in [-0.2, -0.15) is 9.40 Å². The number of nitrogens with one attached hydrogen (secondary N) is 1. The molecule has 1 fully saturated rings. The molecule has 0 radical (unpaired) electrons. The molecule has 0 atom stereocenters. The van der Waals surface area contributed by atoms with Gasteiger partial charge in [-0.05, 0) is 32.6 Å². The van der Waals surface area contributed by atoms with Gasteiger partial charge < -0.3 is 4.74 Å². The number of nitrogens with zero attached hydrogens (tertiary/aromatic N) is 4. The highest BCUT2D eigenvalue weighted by molar-refractivity contribution is 7.89. The second kappa shape index (κ2) is 8.13. The molecule has 142 valence electrons. The van der Waals surface area contributed by atoms with Gasteiger partial charge in [-0.3, -0.25) is 10.1 Å². The molecule has 0 saturated carbocycles. The van der Waals surface area contributed by atoms with Crippen LogP contribution in [0.2, 0.25) is 0 Å². The number of aromatic nitrogens is 4. The number of ether oxygens (including phenoxy) is 1. The van der Waals surface area contributed by atoms with E-state index in [2.05, 4.69) is 27.1 Å². The highest BCUT2D eigenvalue weighted by atomic mass is 32.2. The molecule has 1 N–H and O–H groups in total. The Morgan fingerprint density at radius 2 is 2.08 bits per heavy atom. The van der Waals surface area contributed by atoms with E-state index in [1.165, 1.54) is 4.31 Å². The van der Waals surface area contributed by atoms with Crippen LogP contribution in [0.25, 0.3) is 0 Å². The van der Waals surface area contributed by atoms with Crippen molar-refractivity contribution in [3.63, 3.8) is 0 Å². The minimum Gasteiger partial charge on any atom is -0.473 e. The van der Waals surface area contributed by atoms with E-state index >= 15 is 0 Å². The number of H-pyrrole nitrogens is 1. The van der Waals surface area contributed by atoms with Crippen LogP contribution in [0.15, 0.2) is 23.5 Å². The minimum absolute atomic E-state index is 0.0526. The first-order valence-electron chi connectivity index (χ1n) is 8.99. The predicted octanol–water partition coefficient (Wildman–Crippen LogP) is 2.08. The standard InChI is InChI=1S/C17H25N5O3S/c1-3-4-5-15-17(13(2)20-21-15)26(23,24)22-10-6-14(7-11-22)25-16-12-18-8-9-19-16/h8-9,12,14H,3-7,10-11H2,1-2H3,(H,20,21). The van der Waals surface area contributed by atoms with Crippen LogP contribution in [0.3, 0.4) is 0 Å². The summed E-state index contributed by atoms with van der Waals surface area (Å²) >= 11 is 0. The maximum atomic E-state index is 13.1. The molecule has 0 amide bonds. The van der Waals surface area contributed by atoms with Crippen molar-refractivity contribution in [1.29, 1.82) is 0 Å². The van der Waals surface area contributed by atoms with Crippen LogP contribution in [-0.4, -0.2) is 52.1 Å². The summed E-state index contributed by atoms with van der Waals surface area (Å²) in [4.78, 5) is 8.43. The summed E-state index contributed by atoms with van der Waals surface area (Å²) in [5, 5.41) is 7.05. The van der Waals surface area contributed by atoms with Crippen molar-refractivity contribution in [3.8, 4) is 5.88 Å². The van der Waals surface area contributed by atoms with Gasteiger partial charge in [0.25, 0.3) is 0 Å². The maximum absolute atomic E-state index is 13.1. The third-order valence-corrected chi connectivity index (χ3v) is 6.66. The first-order chi connectivity index (χ1) is 12.5. The lowest BCUT2D eigenvalue weighted by atomic mass is 10.1. The Bertz CT molecular complexity index is 814. The second-order valence-corrected chi connectivity index (χ2v) is 8.37. The fraction of sp³-hybridized carbons (Fsp3) is 0.588. The number of sulfonamides is 1. The monoisotopic (exact) mass is 379 g/mol. The third-order valence-electron chi connectivity index (χ3n) is 4.55. The van der Waals surface area contributed by atoms with E-state index in [1.54, 1.807) is 25.5 Å². The SMILES string of the molecule is CCCCc1n[nH]c(C)c1S(=O)(=O)N1CCC(Oc2cnccn2)CC1. The zero-order chi connectivity index (χ0) is 18.6. The number of piperidine rings is 1. The minimum atomic E-state index is -3.55. The molecule has 0 unspecified atom stereocenters. The van der Waals surface area contributed by atoms with Crippen LogP contribution in [-0.2, 0) is 16.4 Å². The number of aromatic amines is 1. The molecule has 3 rings (SSSR count). The number of hydrogen-bond acceptors (Lipinski definition) is 6. The Morgan fingerprint density at radius 3 is 2.73 bits per heavy atom. The Balaban J connectivity index is 1.68. The van der Waals surface area contributed by atoms with Crippen LogP contribution >= 0.6 is 0 Å². The van der Waals surface area contributed by atoms with E-state index in [9.17, 15) is 8.42 Å². The van der Waals surface area contributed by atoms with Gasteiger partial charge in [-0.25, -0.2) is 13.4 Å². The number of hydrogen-bond donors (Lipinski definition) is 1. The molecule has 0 aromatic carbocycles. The Morgan fingerprint density at radius 1 is 1.31 bits per heavy atom. The van der Waals surface area contributed by atoms with Crippen molar-refractivity contribution < 1.29 is 13.2 Å². The van der Waals surface area contributed by atoms with Crippen molar-refractivity contribution in [1.82, 2.24) is 24.5 Å². The predicted molar refractivity (Wildman–Crippen MR) is 96.4 cm³/mol. The van der Waals surface area contributed by atoms with Crippen molar-refractivity contribution in [3.05, 3.63) is 30.0 Å². The lowest BCUT2D eigenvalue weighted by Crippen LogP contribution is -2.42. The van der Waals surface area contributed by atoms with E-state index in [0.29, 0.717) is 54.5 Å². The van der Waals surface area contributed by atoms with Gasteiger partial charge in [0.2, 0.25) is 15.9 Å². The molecule has 0 aliphatic carbocycles. The molecular formula is C17H25N5O3S. The first-order valence-corrected chi connectivity index (χ1v) is 10.4. The molecular weight excluding hydrogens is 354 g/mol. The van der Waals surface area contributed by atoms with Crippen LogP contribution in [0.1, 0.15) is 44.0 Å². The molecule has 0 bridgehead atoms. The summed E-state index contributed by atoms with van der Waals surface area (Å²) in [6.45, 7) is 4.69. The van der Waals surface area contributed by atoms with Crippen molar-refractivity contribution in [2.75, 3.05) is 13.1 Å². The van der Waals surface area contributed by atoms with Gasteiger partial charge in [0.15, 0.2) is 0 Å². The van der Waals surface area contributed by atoms with E-state index in [1.807, 2.05) is 0 Å². The van der Waals surface area contributed by atoms with Crippen molar-refractivity contribution in [2.24, 2.45) is 0 Å². The van der Waals surface area contributed by atoms with Crippen LogP contribution in [0.5, 0.6) is 5.88 Å². The summed E-state index contributed by atoms with van der Waals surface area (Å²) in [6.07, 6.45) is 8.51. The Labute approximate surface area is 154 Å². The lowest BCUT2D eigenvalue weighted by Gasteiger charge is -2.31. The van der Waals surface area contributed by atoms with E-state index in [-0.39, 0.29) is 6.10 Å². The van der Waals surface area contributed by atoms with Crippen LogP contribution < -0.4 is 4.74 Å². The summed E-state index contributed by atoms with van der Waals surface area (Å²) in [6, 6.07) is 0. The fourth-order valence-electron chi connectivity index (χ4n) is 3.16. The molecule has 26 heavy (non-hydrogen) atoms. The highest BCUT2D eigenvalue weighted by Gasteiger charge is 2.34. The molecule has 2 aromatic heterocycles. The number of aryl methyl sites for hydroxylation is 2. The summed E-state index contributed by atoms with van der Waals surface area (Å²) in [7, 11) is -3.55. The van der Waals surface area contributed by atoms with Gasteiger partial charge in [0.1, 0.15) is 11.0 Å². The smallest absolute Gasteiger partial charge is 0.246 e. The topological polar surface area (TPSA) is 101 Å². The van der Waals surface area contributed by atoms with E-state index in [0.717, 1.165) is 12.8 Å². The van der Waals surface area contributed by atoms with Gasteiger partial charge in [0.05, 0.1) is 17.6 Å². The van der Waals surface area contributed by atoms with Crippen LogP contribution in [0, 0.1) is 6.92 Å². The number of rotatable bonds is 7. The Kier molecular flexibility index (Phi) is 5.87. The molecule has 1 aliphatic rings. The molecule has 2 aromatic rings. The lowest BCUT2D eigenvalue weighted by molar-refractivity contribution is 0.129. The molecule has 0 spiro atoms. The molecule has 9 heteroatoms. The van der Waals surface area contributed by atoms with E-state index in [4.69, 9.17) is 4.74 Å². The molecule has 3 heterocycles. The number of unbranched alkanes of at least 4 members (excludes halogenated alkanes) is 1. The highest BCUT2D eigenvalue weighted by Crippen LogP contribution is 2.27. The summed E-state index contributed by atoms with van der Waals surface area (Å²) in [5.41, 5.74) is 1.25. The second-order valence-electron chi connectivity index (χ2n) is 6.49. The van der Waals surface area contributed by atoms with E-state index < -0.39 is 10.0 Å². The average molecular weight is 379 g/mol. The third kappa shape index (κ3) is 4.04. The van der Waals surface area contributed by atoms with Gasteiger partial charge >= 0.3 is 0 Å². The van der Waals surface area contributed by atoms with Crippen molar-refractivity contribution in [2.45, 2.75) is 57.0 Å².